The van der Waals surface area contributed by atoms with Gasteiger partial charge >= 0.3 is 0 Å². The van der Waals surface area contributed by atoms with Gasteiger partial charge in [-0.1, -0.05) is 11.6 Å². The van der Waals surface area contributed by atoms with Crippen LogP contribution in [0.15, 0.2) is 18.2 Å². The Kier molecular flexibility index (Phi) is 2.36. The van der Waals surface area contributed by atoms with E-state index in [4.69, 9.17) is 16.7 Å². The molecule has 0 aromatic heterocycles. The summed E-state index contributed by atoms with van der Waals surface area (Å²) in [5, 5.41) is 9.41. The van der Waals surface area contributed by atoms with E-state index < -0.39 is 0 Å². The number of ketones is 1. The highest BCUT2D eigenvalue weighted by Gasteiger charge is 2.29. The number of phenolic OH excluding ortho intramolecular Hbond substituents is 1. The zero-order valence-electron chi connectivity index (χ0n) is 7.74. The molecule has 15 heavy (non-hydrogen) atoms. The van der Waals surface area contributed by atoms with Crippen molar-refractivity contribution in [3.8, 4) is 5.75 Å². The Morgan fingerprint density at radius 1 is 1.33 bits per heavy atom. The van der Waals surface area contributed by atoms with E-state index in [1.54, 1.807) is 0 Å². The van der Waals surface area contributed by atoms with Gasteiger partial charge in [-0.05, 0) is 12.1 Å². The van der Waals surface area contributed by atoms with Crippen molar-refractivity contribution >= 4 is 29.0 Å². The molecular weight excluding hydrogens is 218 g/mol. The Labute approximate surface area is 91.1 Å². The summed E-state index contributed by atoms with van der Waals surface area (Å²) in [6.45, 7) is 0.0589. The number of Topliss-reactive ketones (excluding diaryl/α,β-unsaturated/α-hetero) is 1. The molecule has 1 aliphatic rings. The van der Waals surface area contributed by atoms with Gasteiger partial charge in [0.25, 0.3) is 0 Å². The van der Waals surface area contributed by atoms with Crippen molar-refractivity contribution in [1.82, 2.24) is 0 Å². The molecule has 1 fully saturated rings. The van der Waals surface area contributed by atoms with Gasteiger partial charge in [-0.15, -0.1) is 0 Å². The summed E-state index contributed by atoms with van der Waals surface area (Å²) in [6, 6.07) is 4.29. The van der Waals surface area contributed by atoms with E-state index in [1.807, 2.05) is 0 Å². The maximum Gasteiger partial charge on any atom is 0.234 e. The van der Waals surface area contributed by atoms with Gasteiger partial charge in [-0.25, -0.2) is 0 Å². The number of phenols is 1. The molecule has 1 saturated heterocycles. The molecule has 78 valence electrons. The van der Waals surface area contributed by atoms with Crippen LogP contribution in [0.3, 0.4) is 0 Å². The van der Waals surface area contributed by atoms with Crippen LogP contribution in [0.25, 0.3) is 0 Å². The first-order valence-electron chi connectivity index (χ1n) is 4.38. The van der Waals surface area contributed by atoms with Crippen LogP contribution in [0, 0.1) is 0 Å². The zero-order valence-corrected chi connectivity index (χ0v) is 8.49. The topological polar surface area (TPSA) is 57.6 Å². The summed E-state index contributed by atoms with van der Waals surface area (Å²) in [5.41, 5.74) is 0.463. The average molecular weight is 226 g/mol. The molecule has 0 unspecified atom stereocenters. The van der Waals surface area contributed by atoms with Crippen molar-refractivity contribution in [1.29, 1.82) is 0 Å². The Morgan fingerprint density at radius 3 is 2.60 bits per heavy atom. The molecule has 1 heterocycles. The Hall–Kier alpha value is -1.55. The molecule has 5 heteroatoms. The Bertz CT molecular complexity index is 444. The van der Waals surface area contributed by atoms with Gasteiger partial charge in [0, 0.05) is 6.07 Å². The second-order valence-electron chi connectivity index (χ2n) is 3.33. The van der Waals surface area contributed by atoms with Gasteiger partial charge in [0.05, 0.1) is 23.7 Å². The standard InChI is InChI=1S/C10H8ClNO3/c11-8-3-6(13)1-2-9(8)12-5-7(14)4-10(12)15/h1-3,13H,4-5H2. The second-order valence-corrected chi connectivity index (χ2v) is 3.74. The number of anilines is 1. The number of rotatable bonds is 1. The molecule has 1 N–H and O–H groups in total. The molecule has 1 aromatic carbocycles. The molecule has 0 spiro atoms. The third-order valence-corrected chi connectivity index (χ3v) is 2.51. The lowest BCUT2D eigenvalue weighted by atomic mass is 10.3. The van der Waals surface area contributed by atoms with E-state index in [2.05, 4.69) is 0 Å². The van der Waals surface area contributed by atoms with E-state index in [0.717, 1.165) is 0 Å². The van der Waals surface area contributed by atoms with E-state index >= 15 is 0 Å². The maximum absolute atomic E-state index is 11.4. The molecule has 0 bridgehead atoms. The van der Waals surface area contributed by atoms with Gasteiger partial charge in [0.1, 0.15) is 5.75 Å². The van der Waals surface area contributed by atoms with Crippen LogP contribution >= 0.6 is 11.6 Å². The van der Waals surface area contributed by atoms with Crippen LogP contribution in [0.4, 0.5) is 5.69 Å². The first kappa shape index (κ1) is 9.98. The average Bonchev–Trinajstić information content (AvgIpc) is 2.45. The van der Waals surface area contributed by atoms with E-state index in [-0.39, 0.29) is 35.4 Å². The summed E-state index contributed by atoms with van der Waals surface area (Å²) in [4.78, 5) is 23.8. The van der Waals surface area contributed by atoms with Crippen LogP contribution in [0.2, 0.25) is 5.02 Å². The summed E-state index contributed by atoms with van der Waals surface area (Å²) in [6.07, 6.45) is -0.0722. The molecule has 0 radical (unpaired) electrons. The molecule has 0 atom stereocenters. The number of hydrogen-bond donors (Lipinski definition) is 1. The predicted molar refractivity (Wildman–Crippen MR) is 55.1 cm³/mol. The first-order chi connectivity index (χ1) is 7.08. The van der Waals surface area contributed by atoms with Crippen molar-refractivity contribution in [2.45, 2.75) is 6.42 Å². The highest BCUT2D eigenvalue weighted by atomic mass is 35.5. The van der Waals surface area contributed by atoms with Gasteiger partial charge < -0.3 is 10.0 Å². The van der Waals surface area contributed by atoms with E-state index in [1.165, 1.54) is 23.1 Å². The van der Waals surface area contributed by atoms with Gasteiger partial charge in [-0.2, -0.15) is 0 Å². The van der Waals surface area contributed by atoms with Crippen LogP contribution in [0.5, 0.6) is 5.75 Å². The maximum atomic E-state index is 11.4. The fraction of sp³-hybridized carbons (Fsp3) is 0.200. The summed E-state index contributed by atoms with van der Waals surface area (Å²) >= 11 is 5.86. The second kappa shape index (κ2) is 3.55. The van der Waals surface area contributed by atoms with Crippen LogP contribution in [0.1, 0.15) is 6.42 Å². The van der Waals surface area contributed by atoms with Gasteiger partial charge in [0.15, 0.2) is 5.78 Å². The highest BCUT2D eigenvalue weighted by Crippen LogP contribution is 2.31. The number of benzene rings is 1. The predicted octanol–water partition coefficient (Wildman–Crippen LogP) is 1.35. The smallest absolute Gasteiger partial charge is 0.234 e. The number of amides is 1. The van der Waals surface area contributed by atoms with Crippen molar-refractivity contribution < 1.29 is 14.7 Å². The number of nitrogens with zero attached hydrogens (tertiary/aromatic N) is 1. The van der Waals surface area contributed by atoms with Gasteiger partial charge in [-0.3, -0.25) is 9.59 Å². The lowest BCUT2D eigenvalue weighted by Gasteiger charge is -2.16. The van der Waals surface area contributed by atoms with Crippen molar-refractivity contribution in [3.63, 3.8) is 0 Å². The number of carbonyl (C=O) groups is 2. The third-order valence-electron chi connectivity index (χ3n) is 2.21. The first-order valence-corrected chi connectivity index (χ1v) is 4.76. The molecule has 0 aliphatic carbocycles. The van der Waals surface area contributed by atoms with Crippen molar-refractivity contribution in [2.24, 2.45) is 0 Å². The van der Waals surface area contributed by atoms with E-state index in [9.17, 15) is 9.59 Å². The van der Waals surface area contributed by atoms with Crippen LogP contribution < -0.4 is 4.90 Å². The number of hydrogen-bond acceptors (Lipinski definition) is 3. The fourth-order valence-electron chi connectivity index (χ4n) is 1.52. The third kappa shape index (κ3) is 1.80. The molecule has 0 saturated carbocycles. The normalized spacial score (nSPS) is 16.2. The van der Waals surface area contributed by atoms with E-state index in [0.29, 0.717) is 5.69 Å². The van der Waals surface area contributed by atoms with Crippen molar-refractivity contribution in [2.75, 3.05) is 11.4 Å². The van der Waals surface area contributed by atoms with Crippen LogP contribution in [-0.4, -0.2) is 23.3 Å². The monoisotopic (exact) mass is 225 g/mol. The Balaban J connectivity index is 2.38. The lowest BCUT2D eigenvalue weighted by Crippen LogP contribution is -2.24. The molecule has 1 amide bonds. The number of carbonyl (C=O) groups excluding carboxylic acids is 2. The fourth-order valence-corrected chi connectivity index (χ4v) is 1.80. The van der Waals surface area contributed by atoms with Gasteiger partial charge in [0.2, 0.25) is 5.91 Å². The number of halogens is 1. The van der Waals surface area contributed by atoms with Crippen LogP contribution in [-0.2, 0) is 9.59 Å². The minimum atomic E-state index is -0.257. The molecule has 1 aromatic rings. The molecule has 1 aliphatic heterocycles. The Morgan fingerprint density at radius 2 is 2.07 bits per heavy atom. The molecule has 4 nitrogen and oxygen atoms in total. The SMILES string of the molecule is O=C1CC(=O)N(c2ccc(O)cc2Cl)C1. The summed E-state index contributed by atoms with van der Waals surface area (Å²) < 4.78 is 0. The lowest BCUT2D eigenvalue weighted by molar-refractivity contribution is -0.121. The minimum Gasteiger partial charge on any atom is -0.508 e. The van der Waals surface area contributed by atoms with Crippen molar-refractivity contribution in [3.05, 3.63) is 23.2 Å². The zero-order chi connectivity index (χ0) is 11.0. The number of aromatic hydroxyl groups is 1. The minimum absolute atomic E-state index is 0.0294. The summed E-state index contributed by atoms with van der Waals surface area (Å²) in [5.74, 6) is -0.349. The highest BCUT2D eigenvalue weighted by molar-refractivity contribution is 6.34. The molecular formula is C10H8ClNO3. The quantitative estimate of drug-likeness (QED) is 0.734. The summed E-state index contributed by atoms with van der Waals surface area (Å²) in [7, 11) is 0. The molecule has 2 rings (SSSR count). The largest absolute Gasteiger partial charge is 0.508 e.